The summed E-state index contributed by atoms with van der Waals surface area (Å²) in [7, 11) is 0. The summed E-state index contributed by atoms with van der Waals surface area (Å²) in [4.78, 5) is 37.6. The van der Waals surface area contributed by atoms with E-state index in [0.717, 1.165) is 63.7 Å². The van der Waals surface area contributed by atoms with Crippen LogP contribution in [0.3, 0.4) is 0 Å². The van der Waals surface area contributed by atoms with Gasteiger partial charge in [-0.2, -0.15) is 0 Å². The van der Waals surface area contributed by atoms with Crippen LogP contribution in [0.4, 0.5) is 0 Å². The first-order chi connectivity index (χ1) is 24.4. The zero-order chi connectivity index (χ0) is 36.8. The van der Waals surface area contributed by atoms with Gasteiger partial charge in [-0.15, -0.1) is 0 Å². The van der Waals surface area contributed by atoms with Crippen LogP contribution < -0.4 is 0 Å². The molecule has 50 heavy (non-hydrogen) atoms. The van der Waals surface area contributed by atoms with Crippen molar-refractivity contribution < 1.29 is 28.6 Å². The molecule has 0 rings (SSSR count). The molecule has 0 spiro atoms. The predicted molar refractivity (Wildman–Crippen MR) is 210 cm³/mol. The van der Waals surface area contributed by atoms with E-state index in [2.05, 4.69) is 27.7 Å². The third-order valence-corrected chi connectivity index (χ3v) is 9.79. The number of hydrogen-bond donors (Lipinski definition) is 0. The van der Waals surface area contributed by atoms with Gasteiger partial charge >= 0.3 is 17.9 Å². The van der Waals surface area contributed by atoms with Gasteiger partial charge in [0.25, 0.3) is 0 Å². The van der Waals surface area contributed by atoms with E-state index in [1.165, 1.54) is 135 Å². The van der Waals surface area contributed by atoms with E-state index < -0.39 is 6.10 Å². The zero-order valence-electron chi connectivity index (χ0n) is 33.9. The molecular weight excluding hydrogens is 624 g/mol. The Morgan fingerprint density at radius 3 is 0.980 bits per heavy atom. The summed E-state index contributed by atoms with van der Waals surface area (Å²) >= 11 is 0. The van der Waals surface area contributed by atoms with Crippen molar-refractivity contribution in [2.45, 2.75) is 246 Å². The third kappa shape index (κ3) is 37.7. The lowest BCUT2D eigenvalue weighted by atomic mass is 10.0. The van der Waals surface area contributed by atoms with E-state index in [0.29, 0.717) is 19.3 Å². The molecule has 0 fully saturated rings. The maximum atomic E-state index is 12.6. The number of carbonyl (C=O) groups is 3. The van der Waals surface area contributed by atoms with E-state index in [-0.39, 0.29) is 31.1 Å². The molecule has 0 heterocycles. The molecule has 0 aliphatic carbocycles. The topological polar surface area (TPSA) is 78.9 Å². The quantitative estimate of drug-likeness (QED) is 0.0359. The van der Waals surface area contributed by atoms with Crippen molar-refractivity contribution in [2.75, 3.05) is 13.2 Å². The van der Waals surface area contributed by atoms with Crippen LogP contribution in [0.2, 0.25) is 0 Å². The Morgan fingerprint density at radius 2 is 0.660 bits per heavy atom. The Morgan fingerprint density at radius 1 is 0.380 bits per heavy atom. The summed E-state index contributed by atoms with van der Waals surface area (Å²) in [6.45, 7) is 8.94. The van der Waals surface area contributed by atoms with Crippen molar-refractivity contribution in [1.29, 1.82) is 0 Å². The minimum atomic E-state index is -0.758. The molecule has 1 atom stereocenters. The molecular formula is C44H84O6. The Labute approximate surface area is 310 Å². The maximum absolute atomic E-state index is 12.6. The normalized spacial score (nSPS) is 11.9. The molecule has 0 aliphatic rings. The van der Waals surface area contributed by atoms with Gasteiger partial charge in [-0.25, -0.2) is 0 Å². The van der Waals surface area contributed by atoms with Crippen LogP contribution in [0.1, 0.15) is 240 Å². The van der Waals surface area contributed by atoms with Gasteiger partial charge in [0.05, 0.1) is 0 Å². The summed E-state index contributed by atoms with van der Waals surface area (Å²) in [5.74, 6) is -0.0635. The van der Waals surface area contributed by atoms with Crippen LogP contribution in [0, 0.1) is 5.92 Å². The second kappa shape index (κ2) is 38.6. The second-order valence-corrected chi connectivity index (χ2v) is 15.5. The number of hydrogen-bond acceptors (Lipinski definition) is 6. The van der Waals surface area contributed by atoms with E-state index in [1.54, 1.807) is 0 Å². The van der Waals surface area contributed by atoms with E-state index >= 15 is 0 Å². The minimum absolute atomic E-state index is 0.0644. The highest BCUT2D eigenvalue weighted by Crippen LogP contribution is 2.16. The Balaban J connectivity index is 4.33. The molecule has 0 saturated heterocycles. The number of ether oxygens (including phenoxy) is 3. The first kappa shape index (κ1) is 48.4. The number of carbonyl (C=O) groups excluding carboxylic acids is 3. The van der Waals surface area contributed by atoms with Crippen molar-refractivity contribution in [2.24, 2.45) is 5.92 Å². The Bertz CT molecular complexity index is 751. The van der Waals surface area contributed by atoms with Gasteiger partial charge in [0.1, 0.15) is 13.2 Å². The minimum Gasteiger partial charge on any atom is -0.462 e. The lowest BCUT2D eigenvalue weighted by Gasteiger charge is -2.18. The van der Waals surface area contributed by atoms with E-state index in [1.807, 2.05) is 0 Å². The SMILES string of the molecule is CCCCCCCCCCCCCC(=O)OC[C@H](COC(=O)CCCCCCCCCCC(C)C)OC(=O)CCCCCCCCCCCC. The monoisotopic (exact) mass is 709 g/mol. The van der Waals surface area contributed by atoms with Crippen molar-refractivity contribution in [3.63, 3.8) is 0 Å². The third-order valence-electron chi connectivity index (χ3n) is 9.79. The van der Waals surface area contributed by atoms with Crippen LogP contribution in [-0.2, 0) is 28.6 Å². The highest BCUT2D eigenvalue weighted by atomic mass is 16.6. The summed E-state index contributed by atoms with van der Waals surface area (Å²) < 4.78 is 16.7. The van der Waals surface area contributed by atoms with Crippen LogP contribution in [-0.4, -0.2) is 37.2 Å². The van der Waals surface area contributed by atoms with Gasteiger partial charge in [-0.3, -0.25) is 14.4 Å². The summed E-state index contributed by atoms with van der Waals surface area (Å²) in [5.41, 5.74) is 0. The summed E-state index contributed by atoms with van der Waals surface area (Å²) in [6, 6.07) is 0. The molecule has 0 bridgehead atoms. The average Bonchev–Trinajstić information content (AvgIpc) is 3.09. The molecule has 0 saturated carbocycles. The largest absolute Gasteiger partial charge is 0.462 e. The van der Waals surface area contributed by atoms with Gasteiger partial charge in [-0.05, 0) is 25.2 Å². The van der Waals surface area contributed by atoms with Gasteiger partial charge in [0.2, 0.25) is 0 Å². The fourth-order valence-corrected chi connectivity index (χ4v) is 6.45. The highest BCUT2D eigenvalue weighted by molar-refractivity contribution is 5.71. The first-order valence-electron chi connectivity index (χ1n) is 21.9. The van der Waals surface area contributed by atoms with Gasteiger partial charge in [0.15, 0.2) is 6.10 Å². The molecule has 0 aromatic rings. The molecule has 0 unspecified atom stereocenters. The highest BCUT2D eigenvalue weighted by Gasteiger charge is 2.19. The lowest BCUT2D eigenvalue weighted by molar-refractivity contribution is -0.167. The summed E-state index contributed by atoms with van der Waals surface area (Å²) in [5, 5.41) is 0. The molecule has 0 N–H and O–H groups in total. The number of rotatable bonds is 39. The van der Waals surface area contributed by atoms with Gasteiger partial charge in [0, 0.05) is 19.3 Å². The van der Waals surface area contributed by atoms with E-state index in [9.17, 15) is 14.4 Å². The molecule has 0 aliphatic heterocycles. The first-order valence-corrected chi connectivity index (χ1v) is 21.9. The molecule has 296 valence electrons. The van der Waals surface area contributed by atoms with Gasteiger partial charge < -0.3 is 14.2 Å². The van der Waals surface area contributed by atoms with Crippen LogP contribution in [0.25, 0.3) is 0 Å². The fraction of sp³-hybridized carbons (Fsp3) is 0.932. The predicted octanol–water partition coefficient (Wildman–Crippen LogP) is 13.6. The van der Waals surface area contributed by atoms with Crippen LogP contribution >= 0.6 is 0 Å². The van der Waals surface area contributed by atoms with Crippen molar-refractivity contribution >= 4 is 17.9 Å². The molecule has 6 nitrogen and oxygen atoms in total. The van der Waals surface area contributed by atoms with Crippen molar-refractivity contribution in [3.05, 3.63) is 0 Å². The smallest absolute Gasteiger partial charge is 0.306 e. The standard InChI is InChI=1S/C44H84O6/c1-5-7-9-11-13-15-17-19-23-27-31-35-42(45)48-38-41(50-44(47)37-33-29-25-18-16-14-12-10-8-6-2)39-49-43(46)36-32-28-24-21-20-22-26-30-34-40(3)4/h40-41H,5-39H2,1-4H3/t41-/m1/s1. The van der Waals surface area contributed by atoms with Crippen molar-refractivity contribution in [1.82, 2.24) is 0 Å². The fourth-order valence-electron chi connectivity index (χ4n) is 6.45. The number of esters is 3. The average molecular weight is 709 g/mol. The molecule has 0 amide bonds. The van der Waals surface area contributed by atoms with Crippen molar-refractivity contribution in [3.8, 4) is 0 Å². The zero-order valence-corrected chi connectivity index (χ0v) is 33.9. The van der Waals surface area contributed by atoms with Gasteiger partial charge in [-0.1, -0.05) is 201 Å². The van der Waals surface area contributed by atoms with Crippen LogP contribution in [0.5, 0.6) is 0 Å². The Hall–Kier alpha value is -1.59. The molecule has 0 aromatic carbocycles. The summed E-state index contributed by atoms with van der Waals surface area (Å²) in [6.07, 6.45) is 36.6. The molecule has 0 radical (unpaired) electrons. The number of unbranched alkanes of at least 4 members (excludes halogenated alkanes) is 26. The molecule has 6 heteroatoms. The maximum Gasteiger partial charge on any atom is 0.306 e. The van der Waals surface area contributed by atoms with Crippen LogP contribution in [0.15, 0.2) is 0 Å². The Kier molecular flexibility index (Phi) is 37.4. The second-order valence-electron chi connectivity index (χ2n) is 15.5. The van der Waals surface area contributed by atoms with E-state index in [4.69, 9.17) is 14.2 Å². The molecule has 0 aromatic heterocycles. The lowest BCUT2D eigenvalue weighted by Crippen LogP contribution is -2.30.